The number of aromatic nitrogens is 2. The lowest BCUT2D eigenvalue weighted by molar-refractivity contribution is 0.415. The summed E-state index contributed by atoms with van der Waals surface area (Å²) in [5.74, 6) is 7.94. The van der Waals surface area contributed by atoms with Crippen molar-refractivity contribution in [1.82, 2.24) is 9.55 Å². The van der Waals surface area contributed by atoms with E-state index in [1.807, 2.05) is 116 Å². The average Bonchev–Trinajstić information content (AvgIpc) is 3.06. The highest BCUT2D eigenvalue weighted by Gasteiger charge is 2.13. The molecule has 6 aromatic rings. The van der Waals surface area contributed by atoms with Gasteiger partial charge in [0.05, 0.1) is 23.7 Å². The number of hydrogen-bond donors (Lipinski definition) is 0. The Labute approximate surface area is 256 Å². The Kier molecular flexibility index (Phi) is 7.78. The molecule has 44 heavy (non-hydrogen) atoms. The van der Waals surface area contributed by atoms with Crippen LogP contribution in [0.15, 0.2) is 115 Å². The maximum atomic E-state index is 13.9. The number of methoxy groups -OCH3 is 1. The molecule has 0 fully saturated rings. The molecule has 0 atom stereocenters. The van der Waals surface area contributed by atoms with Crippen molar-refractivity contribution in [2.75, 3.05) is 7.11 Å². The minimum Gasteiger partial charge on any atom is -0.497 e. The minimum atomic E-state index is -0.126. The van der Waals surface area contributed by atoms with Crippen molar-refractivity contribution in [3.8, 4) is 23.3 Å². The third kappa shape index (κ3) is 5.60. The first-order valence-electron chi connectivity index (χ1n) is 14.3. The first kappa shape index (κ1) is 28.2. The molecule has 6 rings (SSSR count). The van der Waals surface area contributed by atoms with Crippen molar-refractivity contribution in [3.63, 3.8) is 0 Å². The summed E-state index contributed by atoms with van der Waals surface area (Å²) < 4.78 is 7.01. The number of para-hydroxylation sites is 1. The highest BCUT2D eigenvalue weighted by molar-refractivity contribution is 5.85. The van der Waals surface area contributed by atoms with E-state index >= 15 is 0 Å². The van der Waals surface area contributed by atoms with E-state index in [0.717, 1.165) is 55.6 Å². The van der Waals surface area contributed by atoms with Crippen LogP contribution in [-0.4, -0.2) is 16.7 Å². The predicted molar refractivity (Wildman–Crippen MR) is 184 cm³/mol. The molecule has 0 aliphatic rings. The summed E-state index contributed by atoms with van der Waals surface area (Å²) in [6, 6.07) is 31.5. The van der Waals surface area contributed by atoms with Crippen molar-refractivity contribution in [3.05, 3.63) is 160 Å². The number of rotatable bonds is 6. The van der Waals surface area contributed by atoms with Crippen LogP contribution in [0.5, 0.6) is 5.75 Å². The molecular formula is C40H30N2O2. The van der Waals surface area contributed by atoms with Gasteiger partial charge in [0, 0.05) is 11.1 Å². The van der Waals surface area contributed by atoms with Gasteiger partial charge in [0.2, 0.25) is 0 Å². The number of fused-ring (bicyclic) bond motifs is 2. The molecule has 0 spiro atoms. The van der Waals surface area contributed by atoms with Crippen molar-refractivity contribution >= 4 is 46.0 Å². The standard InChI is InChI=1S/C40H30N2O2/c1-5-31-17-13-30(24-32(31)6-2)16-22-39-41-37-10-8-7-9-36(37)40(43)42(39)38-21-15-28(23-27(38)3)11-12-29-14-18-34-26-35(44-4)20-19-33(34)25-29/h5-10,13-26H,1-2H2,3-4H3/b22-16+. The topological polar surface area (TPSA) is 44.1 Å². The quantitative estimate of drug-likeness (QED) is 0.188. The Morgan fingerprint density at radius 3 is 2.27 bits per heavy atom. The van der Waals surface area contributed by atoms with E-state index in [4.69, 9.17) is 9.72 Å². The van der Waals surface area contributed by atoms with Crippen LogP contribution in [0.1, 0.15) is 39.2 Å². The largest absolute Gasteiger partial charge is 0.497 e. The fraction of sp³-hybridized carbons (Fsp3) is 0.0500. The van der Waals surface area contributed by atoms with Crippen LogP contribution >= 0.6 is 0 Å². The van der Waals surface area contributed by atoms with Crippen LogP contribution in [0.2, 0.25) is 0 Å². The second-order valence-electron chi connectivity index (χ2n) is 10.4. The molecule has 0 aliphatic carbocycles. The van der Waals surface area contributed by atoms with Gasteiger partial charge in [-0.1, -0.05) is 79.6 Å². The van der Waals surface area contributed by atoms with Crippen LogP contribution in [0.3, 0.4) is 0 Å². The number of benzene rings is 5. The molecular weight excluding hydrogens is 540 g/mol. The van der Waals surface area contributed by atoms with Gasteiger partial charge >= 0.3 is 0 Å². The van der Waals surface area contributed by atoms with Crippen molar-refractivity contribution in [1.29, 1.82) is 0 Å². The van der Waals surface area contributed by atoms with E-state index in [2.05, 4.69) is 37.1 Å². The summed E-state index contributed by atoms with van der Waals surface area (Å²) in [6.45, 7) is 9.79. The summed E-state index contributed by atoms with van der Waals surface area (Å²) in [5.41, 5.74) is 6.95. The third-order valence-corrected chi connectivity index (χ3v) is 7.61. The zero-order valence-electron chi connectivity index (χ0n) is 24.7. The van der Waals surface area contributed by atoms with Gasteiger partial charge in [-0.05, 0) is 107 Å². The van der Waals surface area contributed by atoms with Gasteiger partial charge in [0.1, 0.15) is 11.6 Å². The third-order valence-electron chi connectivity index (χ3n) is 7.61. The smallest absolute Gasteiger partial charge is 0.266 e. The molecule has 0 aliphatic heterocycles. The summed E-state index contributed by atoms with van der Waals surface area (Å²) in [4.78, 5) is 18.8. The lowest BCUT2D eigenvalue weighted by Crippen LogP contribution is -2.23. The molecule has 1 heterocycles. The van der Waals surface area contributed by atoms with Gasteiger partial charge in [0.25, 0.3) is 5.56 Å². The molecule has 0 N–H and O–H groups in total. The van der Waals surface area contributed by atoms with Gasteiger partial charge in [-0.25, -0.2) is 4.98 Å². The van der Waals surface area contributed by atoms with Crippen molar-refractivity contribution in [2.45, 2.75) is 6.92 Å². The summed E-state index contributed by atoms with van der Waals surface area (Å²) in [6.07, 6.45) is 7.46. The number of aryl methyl sites for hydroxylation is 1. The first-order valence-corrected chi connectivity index (χ1v) is 14.3. The molecule has 0 amide bonds. The molecule has 4 heteroatoms. The molecule has 0 unspecified atom stereocenters. The lowest BCUT2D eigenvalue weighted by atomic mass is 10.0. The molecule has 0 bridgehead atoms. The number of nitrogens with zero attached hydrogens (tertiary/aromatic N) is 2. The molecule has 0 radical (unpaired) electrons. The normalized spacial score (nSPS) is 11.0. The van der Waals surface area contributed by atoms with Gasteiger partial charge < -0.3 is 4.74 Å². The molecule has 0 saturated heterocycles. The second kappa shape index (κ2) is 12.1. The van der Waals surface area contributed by atoms with Gasteiger partial charge in [-0.2, -0.15) is 0 Å². The minimum absolute atomic E-state index is 0.126. The predicted octanol–water partition coefficient (Wildman–Crippen LogP) is 8.71. The van der Waals surface area contributed by atoms with Crippen LogP contribution < -0.4 is 10.3 Å². The first-order chi connectivity index (χ1) is 21.5. The lowest BCUT2D eigenvalue weighted by Gasteiger charge is -2.14. The Bertz CT molecular complexity index is 2240. The Morgan fingerprint density at radius 1 is 0.773 bits per heavy atom. The van der Waals surface area contributed by atoms with Crippen LogP contribution in [0, 0.1) is 18.8 Å². The fourth-order valence-corrected chi connectivity index (χ4v) is 5.28. The van der Waals surface area contributed by atoms with E-state index in [-0.39, 0.29) is 5.56 Å². The van der Waals surface area contributed by atoms with Gasteiger partial charge in [-0.15, -0.1) is 0 Å². The van der Waals surface area contributed by atoms with Crippen molar-refractivity contribution in [2.24, 2.45) is 0 Å². The van der Waals surface area contributed by atoms with E-state index < -0.39 is 0 Å². The van der Waals surface area contributed by atoms with Crippen LogP contribution in [0.25, 0.3) is 51.7 Å². The van der Waals surface area contributed by atoms with Gasteiger partial charge in [-0.3, -0.25) is 9.36 Å². The Morgan fingerprint density at radius 2 is 1.50 bits per heavy atom. The summed E-state index contributed by atoms with van der Waals surface area (Å²) >= 11 is 0. The number of ether oxygens (including phenoxy) is 1. The van der Waals surface area contributed by atoms with E-state index in [0.29, 0.717) is 16.7 Å². The monoisotopic (exact) mass is 570 g/mol. The maximum absolute atomic E-state index is 13.9. The number of hydrogen-bond acceptors (Lipinski definition) is 3. The van der Waals surface area contributed by atoms with E-state index in [1.54, 1.807) is 11.7 Å². The molecule has 5 aromatic carbocycles. The summed E-state index contributed by atoms with van der Waals surface area (Å²) in [5, 5.41) is 2.76. The highest BCUT2D eigenvalue weighted by atomic mass is 16.5. The van der Waals surface area contributed by atoms with Crippen LogP contribution in [0.4, 0.5) is 0 Å². The molecule has 1 aromatic heterocycles. The fourth-order valence-electron chi connectivity index (χ4n) is 5.28. The SMILES string of the molecule is C=Cc1ccc(/C=C/c2nc3ccccc3c(=O)n2-c2ccc(C#Cc3ccc4cc(OC)ccc4c3)cc2C)cc1C=C. The maximum Gasteiger partial charge on any atom is 0.266 e. The Hall–Kier alpha value is -5.92. The molecule has 0 saturated carbocycles. The van der Waals surface area contributed by atoms with E-state index in [1.165, 1.54) is 0 Å². The average molecular weight is 571 g/mol. The highest BCUT2D eigenvalue weighted by Crippen LogP contribution is 2.23. The second-order valence-corrected chi connectivity index (χ2v) is 10.4. The molecule has 212 valence electrons. The van der Waals surface area contributed by atoms with Crippen molar-refractivity contribution < 1.29 is 4.74 Å². The zero-order chi connectivity index (χ0) is 30.6. The van der Waals surface area contributed by atoms with Gasteiger partial charge in [0.15, 0.2) is 0 Å². The molecule has 4 nitrogen and oxygen atoms in total. The van der Waals surface area contributed by atoms with E-state index in [9.17, 15) is 4.79 Å². The zero-order valence-corrected chi connectivity index (χ0v) is 24.7. The Balaban J connectivity index is 1.39. The summed E-state index contributed by atoms with van der Waals surface area (Å²) in [7, 11) is 1.67. The van der Waals surface area contributed by atoms with Crippen LogP contribution in [-0.2, 0) is 0 Å².